The lowest BCUT2D eigenvalue weighted by Crippen LogP contribution is -2.50. The smallest absolute Gasteiger partial charge is 0.410 e. The van der Waals surface area contributed by atoms with Crippen LogP contribution in [-0.4, -0.2) is 54.5 Å². The van der Waals surface area contributed by atoms with E-state index >= 15 is 0 Å². The number of hydrogen-bond donors (Lipinski definition) is 1. The van der Waals surface area contributed by atoms with E-state index in [2.05, 4.69) is 5.32 Å². The van der Waals surface area contributed by atoms with Crippen molar-refractivity contribution in [2.24, 2.45) is 0 Å². The van der Waals surface area contributed by atoms with Crippen LogP contribution in [-0.2, 0) is 9.47 Å². The van der Waals surface area contributed by atoms with Gasteiger partial charge in [-0.15, -0.1) is 0 Å². The molecule has 0 radical (unpaired) electrons. The van der Waals surface area contributed by atoms with E-state index in [1.807, 2.05) is 41.5 Å². The molecule has 0 aromatic carbocycles. The van der Waals surface area contributed by atoms with Gasteiger partial charge in [0.2, 0.25) is 0 Å². The van der Waals surface area contributed by atoms with Gasteiger partial charge in [-0.1, -0.05) is 0 Å². The van der Waals surface area contributed by atoms with Crippen LogP contribution in [0.3, 0.4) is 0 Å². The van der Waals surface area contributed by atoms with Gasteiger partial charge in [0.1, 0.15) is 5.60 Å². The van der Waals surface area contributed by atoms with Gasteiger partial charge in [-0.3, -0.25) is 0 Å². The van der Waals surface area contributed by atoms with Gasteiger partial charge in [0.25, 0.3) is 0 Å². The fraction of sp³-hybridized carbons (Fsp3) is 0.941. The number of carbonyl (C=O) groups excluding carboxylic acids is 1. The second-order valence-corrected chi connectivity index (χ2v) is 8.12. The van der Waals surface area contributed by atoms with Gasteiger partial charge in [0.05, 0.1) is 6.10 Å². The highest BCUT2D eigenvalue weighted by Crippen LogP contribution is 2.22. The predicted octanol–water partition coefficient (Wildman–Crippen LogP) is 3.18. The maximum absolute atomic E-state index is 12.4. The number of carbonyl (C=O) groups is 1. The van der Waals surface area contributed by atoms with Gasteiger partial charge in [-0.2, -0.15) is 0 Å². The van der Waals surface area contributed by atoms with Crippen LogP contribution >= 0.6 is 0 Å². The molecule has 2 atom stereocenters. The molecule has 5 heteroatoms. The molecule has 1 amide bonds. The summed E-state index contributed by atoms with van der Waals surface area (Å²) in [4.78, 5) is 14.2. The first-order valence-electron chi connectivity index (χ1n) is 8.29. The normalized spacial score (nSPS) is 22.7. The Morgan fingerprint density at radius 1 is 1.18 bits per heavy atom. The molecule has 0 saturated heterocycles. The second-order valence-electron chi connectivity index (χ2n) is 8.12. The Bertz CT molecular complexity index is 358. The number of ether oxygens (including phenoxy) is 2. The molecule has 1 rings (SSSR count). The van der Waals surface area contributed by atoms with E-state index in [0.29, 0.717) is 18.7 Å². The van der Waals surface area contributed by atoms with Gasteiger partial charge in [0, 0.05) is 31.8 Å². The number of hydrogen-bond acceptors (Lipinski definition) is 4. The van der Waals surface area contributed by atoms with Gasteiger partial charge in [0.15, 0.2) is 0 Å². The molecule has 0 aromatic heterocycles. The summed E-state index contributed by atoms with van der Waals surface area (Å²) in [7, 11) is 1.77. The van der Waals surface area contributed by atoms with Crippen molar-refractivity contribution in [3.05, 3.63) is 0 Å². The van der Waals surface area contributed by atoms with Crippen molar-refractivity contribution < 1.29 is 14.3 Å². The maximum Gasteiger partial charge on any atom is 0.410 e. The maximum atomic E-state index is 12.4. The summed E-state index contributed by atoms with van der Waals surface area (Å²) in [6.45, 7) is 13.2. The van der Waals surface area contributed by atoms with Gasteiger partial charge < -0.3 is 19.7 Å². The van der Waals surface area contributed by atoms with Crippen LogP contribution in [0.25, 0.3) is 0 Å². The summed E-state index contributed by atoms with van der Waals surface area (Å²) in [6.07, 6.45) is 3.44. The predicted molar refractivity (Wildman–Crippen MR) is 89.1 cm³/mol. The third-order valence-electron chi connectivity index (χ3n) is 3.91. The Labute approximate surface area is 135 Å². The molecule has 0 bridgehead atoms. The third-order valence-corrected chi connectivity index (χ3v) is 3.91. The molecule has 0 aliphatic heterocycles. The van der Waals surface area contributed by atoms with Crippen molar-refractivity contribution >= 4 is 6.09 Å². The molecule has 0 aromatic rings. The number of nitrogens with zero attached hydrogens (tertiary/aromatic N) is 1. The Balaban J connectivity index is 2.48. The van der Waals surface area contributed by atoms with E-state index < -0.39 is 5.60 Å². The monoisotopic (exact) mass is 314 g/mol. The highest BCUT2D eigenvalue weighted by Gasteiger charge is 2.31. The lowest BCUT2D eigenvalue weighted by molar-refractivity contribution is 0.00642. The lowest BCUT2D eigenvalue weighted by Gasteiger charge is -2.37. The molecule has 5 nitrogen and oxygen atoms in total. The molecule has 1 aliphatic carbocycles. The van der Waals surface area contributed by atoms with E-state index in [4.69, 9.17) is 9.47 Å². The third kappa shape index (κ3) is 6.53. The van der Waals surface area contributed by atoms with Crippen molar-refractivity contribution in [1.29, 1.82) is 0 Å². The Kier molecular flexibility index (Phi) is 6.68. The highest BCUT2D eigenvalue weighted by molar-refractivity contribution is 5.69. The molecule has 0 heterocycles. The van der Waals surface area contributed by atoms with Crippen LogP contribution in [0.1, 0.15) is 60.8 Å². The van der Waals surface area contributed by atoms with Crippen LogP contribution in [0.4, 0.5) is 4.79 Å². The molecule has 1 saturated carbocycles. The molecule has 22 heavy (non-hydrogen) atoms. The fourth-order valence-corrected chi connectivity index (χ4v) is 2.74. The van der Waals surface area contributed by atoms with E-state index in [0.717, 1.165) is 25.8 Å². The first-order chi connectivity index (χ1) is 10.0. The van der Waals surface area contributed by atoms with Gasteiger partial charge in [-0.25, -0.2) is 4.79 Å². The highest BCUT2D eigenvalue weighted by atomic mass is 16.6. The van der Waals surface area contributed by atoms with E-state index in [-0.39, 0.29) is 11.6 Å². The SMILES string of the molecule is COC1CCC(NCCN(C(=O)OC(C)(C)C)C(C)(C)C)C1. The molecule has 1 N–H and O–H groups in total. The number of methoxy groups -OCH3 is 1. The molecule has 1 fully saturated rings. The van der Waals surface area contributed by atoms with Crippen molar-refractivity contribution in [3.8, 4) is 0 Å². The van der Waals surface area contributed by atoms with Crippen LogP contribution < -0.4 is 5.32 Å². The van der Waals surface area contributed by atoms with Crippen molar-refractivity contribution in [3.63, 3.8) is 0 Å². The van der Waals surface area contributed by atoms with Gasteiger partial charge >= 0.3 is 6.09 Å². The minimum atomic E-state index is -0.467. The fourth-order valence-electron chi connectivity index (χ4n) is 2.74. The van der Waals surface area contributed by atoms with E-state index in [1.165, 1.54) is 0 Å². The second kappa shape index (κ2) is 7.64. The standard InChI is InChI=1S/C17H34N2O3/c1-16(2,3)19(15(20)22-17(4,5)6)11-10-18-13-8-9-14(12-13)21-7/h13-14,18H,8-12H2,1-7H3. The van der Waals surface area contributed by atoms with Crippen LogP contribution in [0, 0.1) is 0 Å². The van der Waals surface area contributed by atoms with Crippen LogP contribution in [0.2, 0.25) is 0 Å². The zero-order valence-electron chi connectivity index (χ0n) is 15.4. The molecule has 2 unspecified atom stereocenters. The summed E-state index contributed by atoms with van der Waals surface area (Å²) in [5, 5.41) is 3.54. The zero-order valence-corrected chi connectivity index (χ0v) is 15.4. The number of nitrogens with one attached hydrogen (secondary N) is 1. The largest absolute Gasteiger partial charge is 0.444 e. The molecule has 0 spiro atoms. The minimum Gasteiger partial charge on any atom is -0.444 e. The molecule has 1 aliphatic rings. The summed E-state index contributed by atoms with van der Waals surface area (Å²) >= 11 is 0. The van der Waals surface area contributed by atoms with Crippen molar-refractivity contribution in [2.45, 2.75) is 84.1 Å². The van der Waals surface area contributed by atoms with Crippen molar-refractivity contribution in [2.75, 3.05) is 20.2 Å². The summed E-state index contributed by atoms with van der Waals surface area (Å²) < 4.78 is 10.9. The Hall–Kier alpha value is -0.810. The molecule has 130 valence electrons. The Morgan fingerprint density at radius 3 is 2.27 bits per heavy atom. The first kappa shape index (κ1) is 19.2. The summed E-state index contributed by atoms with van der Waals surface area (Å²) in [5.41, 5.74) is -0.722. The lowest BCUT2D eigenvalue weighted by atomic mass is 10.1. The topological polar surface area (TPSA) is 50.8 Å². The zero-order chi connectivity index (χ0) is 17.0. The van der Waals surface area contributed by atoms with E-state index in [1.54, 1.807) is 12.0 Å². The minimum absolute atomic E-state index is 0.247. The average molecular weight is 314 g/mol. The molecular formula is C17H34N2O3. The van der Waals surface area contributed by atoms with Crippen LogP contribution in [0.5, 0.6) is 0 Å². The van der Waals surface area contributed by atoms with Crippen molar-refractivity contribution in [1.82, 2.24) is 10.2 Å². The number of rotatable bonds is 5. The van der Waals surface area contributed by atoms with Gasteiger partial charge in [-0.05, 0) is 60.8 Å². The summed E-state index contributed by atoms with van der Waals surface area (Å²) in [5.74, 6) is 0. The summed E-state index contributed by atoms with van der Waals surface area (Å²) in [6, 6.07) is 0.491. The number of amides is 1. The molecular weight excluding hydrogens is 280 g/mol. The van der Waals surface area contributed by atoms with Crippen LogP contribution in [0.15, 0.2) is 0 Å². The first-order valence-corrected chi connectivity index (χ1v) is 8.29. The van der Waals surface area contributed by atoms with E-state index in [9.17, 15) is 4.79 Å². The average Bonchev–Trinajstić information content (AvgIpc) is 2.78. The quantitative estimate of drug-likeness (QED) is 0.847. The Morgan fingerprint density at radius 2 is 1.82 bits per heavy atom.